The Morgan fingerprint density at radius 2 is 2.29 bits per heavy atom. The van der Waals surface area contributed by atoms with Crippen LogP contribution >= 0.6 is 28.3 Å². The predicted octanol–water partition coefficient (Wildman–Crippen LogP) is 2.92. The quantitative estimate of drug-likeness (QED) is 0.866. The van der Waals surface area contributed by atoms with Gasteiger partial charge in [0.05, 0.1) is 13.2 Å². The van der Waals surface area contributed by atoms with Crippen molar-refractivity contribution < 1.29 is 4.74 Å². The van der Waals surface area contributed by atoms with E-state index in [1.165, 1.54) is 19.3 Å². The van der Waals surface area contributed by atoms with Crippen molar-refractivity contribution in [2.24, 2.45) is 0 Å². The van der Waals surface area contributed by atoms with E-state index in [4.69, 9.17) is 4.74 Å². The van der Waals surface area contributed by atoms with E-state index < -0.39 is 0 Å². The van der Waals surface area contributed by atoms with Crippen LogP contribution in [0.15, 0.2) is 22.9 Å². The van der Waals surface area contributed by atoms with E-state index >= 15 is 0 Å². The molecule has 1 N–H and O–H groups in total. The van der Waals surface area contributed by atoms with Crippen molar-refractivity contribution in [2.75, 3.05) is 13.2 Å². The number of rotatable bonds is 4. The lowest BCUT2D eigenvalue weighted by molar-refractivity contribution is 0.0910. The minimum Gasteiger partial charge on any atom is -0.375 e. The number of hydrogen-bond donors (Lipinski definition) is 1. The summed E-state index contributed by atoms with van der Waals surface area (Å²) in [7, 11) is 0. The van der Waals surface area contributed by atoms with Crippen LogP contribution in [0.2, 0.25) is 0 Å². The second kappa shape index (κ2) is 8.03. The van der Waals surface area contributed by atoms with Crippen molar-refractivity contribution in [1.82, 2.24) is 10.3 Å². The molecule has 17 heavy (non-hydrogen) atoms. The monoisotopic (exact) mass is 320 g/mol. The lowest BCUT2D eigenvalue weighted by atomic mass is 10.1. The molecule has 1 aromatic heterocycles. The fourth-order valence-electron chi connectivity index (χ4n) is 1.88. The Balaban J connectivity index is 0.00000144. The van der Waals surface area contributed by atoms with Gasteiger partial charge in [-0.15, -0.1) is 12.4 Å². The summed E-state index contributed by atoms with van der Waals surface area (Å²) in [4.78, 5) is 4.17. The lowest BCUT2D eigenvalue weighted by Gasteiger charge is -2.23. The lowest BCUT2D eigenvalue weighted by Crippen LogP contribution is -2.37. The molecule has 1 aromatic rings. The fourth-order valence-corrected chi connectivity index (χ4v) is 2.11. The average molecular weight is 322 g/mol. The minimum atomic E-state index is 0. The Morgan fingerprint density at radius 3 is 2.94 bits per heavy atom. The molecule has 2 rings (SSSR count). The standard InChI is InChI=1S/C12H17BrN2O.ClH/c13-12-5-4-10(7-15-12)8-16-9-11-3-1-2-6-14-11;/h4-5,7,11,14H,1-3,6,8-9H2;1H. The van der Waals surface area contributed by atoms with E-state index in [0.29, 0.717) is 12.6 Å². The second-order valence-corrected chi connectivity index (χ2v) is 4.96. The molecule has 5 heteroatoms. The molecule has 1 saturated heterocycles. The molecule has 0 radical (unpaired) electrons. The highest BCUT2D eigenvalue weighted by Crippen LogP contribution is 2.10. The molecule has 1 unspecified atom stereocenters. The first-order valence-electron chi connectivity index (χ1n) is 5.76. The van der Waals surface area contributed by atoms with Crippen molar-refractivity contribution >= 4 is 28.3 Å². The molecule has 1 aliphatic rings. The van der Waals surface area contributed by atoms with E-state index in [9.17, 15) is 0 Å². The summed E-state index contributed by atoms with van der Waals surface area (Å²) in [5.41, 5.74) is 1.12. The Morgan fingerprint density at radius 1 is 1.41 bits per heavy atom. The molecule has 2 heterocycles. The van der Waals surface area contributed by atoms with Crippen LogP contribution in [0.3, 0.4) is 0 Å². The molecular formula is C12H18BrClN2O. The van der Waals surface area contributed by atoms with Crippen molar-refractivity contribution in [1.29, 1.82) is 0 Å². The van der Waals surface area contributed by atoms with Gasteiger partial charge in [-0.25, -0.2) is 4.98 Å². The van der Waals surface area contributed by atoms with Gasteiger partial charge in [0.2, 0.25) is 0 Å². The van der Waals surface area contributed by atoms with E-state index in [1.807, 2.05) is 18.3 Å². The molecule has 1 fully saturated rings. The number of halogens is 2. The van der Waals surface area contributed by atoms with Crippen molar-refractivity contribution in [3.63, 3.8) is 0 Å². The van der Waals surface area contributed by atoms with Crippen LogP contribution in [0, 0.1) is 0 Å². The van der Waals surface area contributed by atoms with Crippen LogP contribution < -0.4 is 5.32 Å². The molecule has 0 aliphatic carbocycles. The summed E-state index contributed by atoms with van der Waals surface area (Å²) in [5, 5.41) is 3.47. The third-order valence-electron chi connectivity index (χ3n) is 2.79. The third kappa shape index (κ3) is 5.34. The fraction of sp³-hybridized carbons (Fsp3) is 0.583. The molecule has 0 bridgehead atoms. The first-order valence-corrected chi connectivity index (χ1v) is 6.55. The number of hydrogen-bond acceptors (Lipinski definition) is 3. The van der Waals surface area contributed by atoms with E-state index in [-0.39, 0.29) is 12.4 Å². The Labute approximate surface area is 117 Å². The molecule has 96 valence electrons. The second-order valence-electron chi connectivity index (χ2n) is 4.15. The number of aromatic nitrogens is 1. The van der Waals surface area contributed by atoms with Crippen LogP contribution in [0.4, 0.5) is 0 Å². The highest BCUT2D eigenvalue weighted by atomic mass is 79.9. The number of ether oxygens (including phenoxy) is 1. The maximum absolute atomic E-state index is 5.68. The molecule has 1 aliphatic heterocycles. The van der Waals surface area contributed by atoms with Gasteiger partial charge < -0.3 is 10.1 Å². The SMILES string of the molecule is Brc1ccc(COCC2CCCCN2)cn1.Cl. The Kier molecular flexibility index (Phi) is 7.04. The smallest absolute Gasteiger partial charge is 0.106 e. The van der Waals surface area contributed by atoms with Gasteiger partial charge in [0.25, 0.3) is 0 Å². The Hall–Kier alpha value is -0.160. The van der Waals surface area contributed by atoms with Gasteiger partial charge in [0, 0.05) is 12.2 Å². The topological polar surface area (TPSA) is 34.1 Å². The molecule has 0 amide bonds. The van der Waals surface area contributed by atoms with Crippen molar-refractivity contribution in [3.05, 3.63) is 28.5 Å². The number of nitrogens with zero attached hydrogens (tertiary/aromatic N) is 1. The molecular weight excluding hydrogens is 304 g/mol. The van der Waals surface area contributed by atoms with Gasteiger partial charge in [0.15, 0.2) is 0 Å². The summed E-state index contributed by atoms with van der Waals surface area (Å²) in [5.74, 6) is 0. The van der Waals surface area contributed by atoms with Crippen LogP contribution in [0.1, 0.15) is 24.8 Å². The summed E-state index contributed by atoms with van der Waals surface area (Å²) in [6.07, 6.45) is 5.70. The number of nitrogens with one attached hydrogen (secondary N) is 1. The van der Waals surface area contributed by atoms with Gasteiger partial charge in [-0.05, 0) is 46.9 Å². The third-order valence-corrected chi connectivity index (χ3v) is 3.26. The normalized spacial score (nSPS) is 19.7. The van der Waals surface area contributed by atoms with Gasteiger partial charge in [-0.1, -0.05) is 12.5 Å². The van der Waals surface area contributed by atoms with E-state index in [1.54, 1.807) is 0 Å². The zero-order valence-electron chi connectivity index (χ0n) is 9.69. The van der Waals surface area contributed by atoms with Crippen molar-refractivity contribution in [2.45, 2.75) is 31.9 Å². The van der Waals surface area contributed by atoms with Gasteiger partial charge in [0.1, 0.15) is 4.60 Å². The van der Waals surface area contributed by atoms with Gasteiger partial charge in [-0.2, -0.15) is 0 Å². The minimum absolute atomic E-state index is 0. The molecule has 1 atom stereocenters. The van der Waals surface area contributed by atoms with Crippen molar-refractivity contribution in [3.8, 4) is 0 Å². The predicted molar refractivity (Wildman–Crippen MR) is 74.5 cm³/mol. The zero-order valence-corrected chi connectivity index (χ0v) is 12.1. The summed E-state index contributed by atoms with van der Waals surface area (Å²) in [6.45, 7) is 2.59. The van der Waals surface area contributed by atoms with Crippen LogP contribution in [-0.2, 0) is 11.3 Å². The zero-order chi connectivity index (χ0) is 11.2. The average Bonchev–Trinajstić information content (AvgIpc) is 2.33. The highest BCUT2D eigenvalue weighted by molar-refractivity contribution is 9.10. The molecule has 3 nitrogen and oxygen atoms in total. The summed E-state index contributed by atoms with van der Waals surface area (Å²) < 4.78 is 6.55. The van der Waals surface area contributed by atoms with Crippen LogP contribution in [0.5, 0.6) is 0 Å². The summed E-state index contributed by atoms with van der Waals surface area (Å²) in [6, 6.07) is 4.51. The first kappa shape index (κ1) is 14.9. The van der Waals surface area contributed by atoms with Gasteiger partial charge >= 0.3 is 0 Å². The van der Waals surface area contributed by atoms with Crippen LogP contribution in [-0.4, -0.2) is 24.2 Å². The number of pyridine rings is 1. The van der Waals surface area contributed by atoms with E-state index in [2.05, 4.69) is 26.2 Å². The first-order chi connectivity index (χ1) is 7.84. The van der Waals surface area contributed by atoms with E-state index in [0.717, 1.165) is 23.3 Å². The van der Waals surface area contributed by atoms with Crippen LogP contribution in [0.25, 0.3) is 0 Å². The largest absolute Gasteiger partial charge is 0.375 e. The van der Waals surface area contributed by atoms with Gasteiger partial charge in [-0.3, -0.25) is 0 Å². The highest BCUT2D eigenvalue weighted by Gasteiger charge is 2.11. The maximum atomic E-state index is 5.68. The molecule has 0 saturated carbocycles. The maximum Gasteiger partial charge on any atom is 0.106 e. The molecule has 0 aromatic carbocycles. The Bertz CT molecular complexity index is 315. The summed E-state index contributed by atoms with van der Waals surface area (Å²) >= 11 is 3.31. The molecule has 0 spiro atoms. The number of piperidine rings is 1.